The number of likely N-dealkylation sites (tertiary alicyclic amines) is 1. The van der Waals surface area contributed by atoms with Gasteiger partial charge in [-0.2, -0.15) is 0 Å². The van der Waals surface area contributed by atoms with Gasteiger partial charge in [-0.05, 0) is 43.6 Å². The highest BCUT2D eigenvalue weighted by atomic mass is 35.5. The van der Waals surface area contributed by atoms with Gasteiger partial charge in [-0.3, -0.25) is 19.4 Å². The van der Waals surface area contributed by atoms with Crippen molar-refractivity contribution in [2.75, 3.05) is 20.2 Å². The SMILES string of the molecule is COC(=O)C1=C(CN2CC3(CC3)C[C@H]2C(=O)NS(=O)(=O)C2CC2)NC(c2nccs2)=N[C@H]1c1cccc(F)c1Cl. The van der Waals surface area contributed by atoms with E-state index in [0.29, 0.717) is 42.3 Å². The predicted octanol–water partition coefficient (Wildman–Crippen LogP) is 2.92. The van der Waals surface area contributed by atoms with Crippen LogP contribution in [0.25, 0.3) is 0 Å². The summed E-state index contributed by atoms with van der Waals surface area (Å²) in [6.07, 6.45) is 5.10. The third-order valence-corrected chi connectivity index (χ3v) is 10.9. The summed E-state index contributed by atoms with van der Waals surface area (Å²) in [5.41, 5.74) is 0.735. The Hall–Kier alpha value is -2.87. The standard InChI is InChI=1S/C26H27ClFN5O5S2/c1-38-25(35)19-17(12-33-13-26(7-8-26)11-18(33)23(34)32-40(36,37)14-5-6-14)30-22(24-29-9-10-39-24)31-21(19)15-3-2-4-16(28)20(15)27/h2-4,9-10,14,18,21H,5-8,11-13H2,1H3,(H,30,31)(H,32,34)/t18-,21-/m0/s1. The van der Waals surface area contributed by atoms with E-state index in [1.807, 2.05) is 4.90 Å². The smallest absolute Gasteiger partial charge is 0.338 e. The second-order valence-electron chi connectivity index (χ2n) is 10.7. The highest BCUT2D eigenvalue weighted by Gasteiger charge is 2.55. The molecule has 212 valence electrons. The van der Waals surface area contributed by atoms with E-state index in [2.05, 4.69) is 15.0 Å². The number of amides is 1. The normalized spacial score (nSPS) is 24.0. The fourth-order valence-corrected chi connectivity index (χ4v) is 7.61. The number of aromatic nitrogens is 1. The van der Waals surface area contributed by atoms with Gasteiger partial charge < -0.3 is 10.1 Å². The van der Waals surface area contributed by atoms with Gasteiger partial charge in [-0.1, -0.05) is 23.7 Å². The van der Waals surface area contributed by atoms with E-state index in [-0.39, 0.29) is 28.1 Å². The van der Waals surface area contributed by atoms with Gasteiger partial charge in [0, 0.05) is 35.9 Å². The Morgan fingerprint density at radius 1 is 1.32 bits per heavy atom. The van der Waals surface area contributed by atoms with Gasteiger partial charge in [0.1, 0.15) is 11.9 Å². The molecular weight excluding hydrogens is 581 g/mol. The van der Waals surface area contributed by atoms with Crippen LogP contribution in [0.2, 0.25) is 5.02 Å². The number of aliphatic imine (C=N–C) groups is 1. The molecule has 1 spiro atoms. The lowest BCUT2D eigenvalue weighted by Gasteiger charge is -2.31. The van der Waals surface area contributed by atoms with E-state index in [1.165, 1.54) is 30.6 Å². The maximum absolute atomic E-state index is 14.5. The lowest BCUT2D eigenvalue weighted by Crippen LogP contribution is -2.48. The molecule has 10 nitrogen and oxygen atoms in total. The molecule has 4 aliphatic rings. The first-order valence-electron chi connectivity index (χ1n) is 12.9. The molecule has 2 aliphatic heterocycles. The first-order valence-corrected chi connectivity index (χ1v) is 15.7. The zero-order valence-corrected chi connectivity index (χ0v) is 23.9. The summed E-state index contributed by atoms with van der Waals surface area (Å²) in [5.74, 6) is -1.54. The number of amidine groups is 1. The van der Waals surface area contributed by atoms with Crippen LogP contribution in [0.5, 0.6) is 0 Å². The number of ether oxygens (including phenoxy) is 1. The van der Waals surface area contributed by atoms with Crippen LogP contribution in [-0.2, 0) is 24.3 Å². The van der Waals surface area contributed by atoms with Crippen LogP contribution in [0.1, 0.15) is 48.7 Å². The zero-order chi connectivity index (χ0) is 28.2. The third kappa shape index (κ3) is 5.15. The van der Waals surface area contributed by atoms with Crippen LogP contribution >= 0.6 is 22.9 Å². The summed E-state index contributed by atoms with van der Waals surface area (Å²) in [4.78, 5) is 37.5. The van der Waals surface area contributed by atoms with Gasteiger partial charge in [-0.25, -0.2) is 22.6 Å². The molecule has 2 N–H and O–H groups in total. The molecule has 14 heteroatoms. The topological polar surface area (TPSA) is 130 Å². The molecule has 1 saturated heterocycles. The first kappa shape index (κ1) is 27.3. The number of methoxy groups -OCH3 is 1. The summed E-state index contributed by atoms with van der Waals surface area (Å²) in [6.45, 7) is 0.658. The number of hydrogen-bond acceptors (Lipinski definition) is 10. The molecule has 2 aromatic rings. The predicted molar refractivity (Wildman–Crippen MR) is 147 cm³/mol. The summed E-state index contributed by atoms with van der Waals surface area (Å²) >= 11 is 7.69. The minimum Gasteiger partial charge on any atom is -0.466 e. The molecule has 0 bridgehead atoms. The number of sulfonamides is 1. The van der Waals surface area contributed by atoms with Gasteiger partial charge in [-0.15, -0.1) is 11.3 Å². The van der Waals surface area contributed by atoms with Crippen molar-refractivity contribution in [3.8, 4) is 0 Å². The maximum atomic E-state index is 14.5. The number of esters is 1. The Morgan fingerprint density at radius 3 is 2.75 bits per heavy atom. The lowest BCUT2D eigenvalue weighted by molar-refractivity contribution is -0.136. The Balaban J connectivity index is 1.39. The Kier molecular flexibility index (Phi) is 6.96. The summed E-state index contributed by atoms with van der Waals surface area (Å²) in [7, 11) is -2.48. The molecule has 2 aliphatic carbocycles. The average Bonchev–Trinajstić information content (AvgIpc) is 3.82. The van der Waals surface area contributed by atoms with Crippen molar-refractivity contribution in [1.82, 2.24) is 19.9 Å². The molecule has 0 radical (unpaired) electrons. The van der Waals surface area contributed by atoms with Crippen molar-refractivity contribution >= 4 is 50.7 Å². The second-order valence-corrected chi connectivity index (χ2v) is 13.9. The minimum atomic E-state index is -3.72. The zero-order valence-electron chi connectivity index (χ0n) is 21.5. The summed E-state index contributed by atoms with van der Waals surface area (Å²) in [5, 5.41) is 4.84. The van der Waals surface area contributed by atoms with E-state index in [4.69, 9.17) is 21.3 Å². The minimum absolute atomic E-state index is 0.0660. The molecule has 1 amide bonds. The number of benzene rings is 1. The van der Waals surface area contributed by atoms with Crippen LogP contribution in [0, 0.1) is 11.2 Å². The molecule has 40 heavy (non-hydrogen) atoms. The number of hydrogen-bond donors (Lipinski definition) is 2. The molecule has 6 rings (SSSR count). The van der Waals surface area contributed by atoms with Crippen LogP contribution in [0.4, 0.5) is 4.39 Å². The van der Waals surface area contributed by atoms with E-state index in [0.717, 1.165) is 12.8 Å². The highest BCUT2D eigenvalue weighted by molar-refractivity contribution is 7.90. The summed E-state index contributed by atoms with van der Waals surface area (Å²) < 4.78 is 47.0. The number of halogens is 2. The maximum Gasteiger partial charge on any atom is 0.338 e. The Morgan fingerprint density at radius 2 is 2.10 bits per heavy atom. The monoisotopic (exact) mass is 607 g/mol. The van der Waals surface area contributed by atoms with Crippen LogP contribution in [0.15, 0.2) is 46.0 Å². The van der Waals surface area contributed by atoms with Gasteiger partial charge in [0.2, 0.25) is 10.0 Å². The van der Waals surface area contributed by atoms with Crippen molar-refractivity contribution in [2.45, 2.75) is 49.4 Å². The molecule has 3 heterocycles. The highest BCUT2D eigenvalue weighted by Crippen LogP contribution is 2.55. The van der Waals surface area contributed by atoms with Crippen molar-refractivity contribution in [3.63, 3.8) is 0 Å². The van der Waals surface area contributed by atoms with Gasteiger partial charge in [0.15, 0.2) is 10.8 Å². The van der Waals surface area contributed by atoms with Gasteiger partial charge in [0.05, 0.1) is 29.0 Å². The molecule has 2 saturated carbocycles. The fraction of sp³-hybridized carbons (Fsp3) is 0.462. The van der Waals surface area contributed by atoms with E-state index >= 15 is 0 Å². The van der Waals surface area contributed by atoms with Crippen molar-refractivity contribution in [1.29, 1.82) is 0 Å². The van der Waals surface area contributed by atoms with Gasteiger partial charge >= 0.3 is 5.97 Å². The second kappa shape index (κ2) is 10.2. The first-order chi connectivity index (χ1) is 19.1. The molecule has 1 aromatic heterocycles. The Bertz CT molecular complexity index is 1540. The third-order valence-electron chi connectivity index (χ3n) is 7.87. The van der Waals surface area contributed by atoms with Gasteiger partial charge in [0.25, 0.3) is 5.91 Å². The molecule has 1 aromatic carbocycles. The van der Waals surface area contributed by atoms with Crippen molar-refractivity contribution < 1.29 is 27.1 Å². The fourth-order valence-electron chi connectivity index (χ4n) is 5.46. The molecule has 2 atom stereocenters. The molecular formula is C26H27ClFN5O5S2. The number of nitrogens with one attached hydrogen (secondary N) is 2. The lowest BCUT2D eigenvalue weighted by atomic mass is 9.95. The van der Waals surface area contributed by atoms with Crippen LogP contribution < -0.4 is 10.0 Å². The Labute approximate surface area is 239 Å². The van der Waals surface area contributed by atoms with E-state index in [9.17, 15) is 22.4 Å². The van der Waals surface area contributed by atoms with Crippen LogP contribution in [-0.4, -0.2) is 67.5 Å². The van der Waals surface area contributed by atoms with Crippen LogP contribution in [0.3, 0.4) is 0 Å². The molecule has 3 fully saturated rings. The molecule has 0 unspecified atom stereocenters. The van der Waals surface area contributed by atoms with E-state index < -0.39 is 45.1 Å². The average molecular weight is 608 g/mol. The number of carbonyl (C=O) groups is 2. The number of rotatable bonds is 8. The summed E-state index contributed by atoms with van der Waals surface area (Å²) in [6, 6.07) is 2.59. The largest absolute Gasteiger partial charge is 0.466 e. The van der Waals surface area contributed by atoms with Crippen molar-refractivity contribution in [3.05, 3.63) is 62.5 Å². The quantitative estimate of drug-likeness (QED) is 0.438. The number of nitrogens with zero attached hydrogens (tertiary/aromatic N) is 3. The number of thiazole rings is 1. The van der Waals surface area contributed by atoms with E-state index in [1.54, 1.807) is 17.6 Å². The number of carbonyl (C=O) groups excluding carboxylic acids is 2. The van der Waals surface area contributed by atoms with Crippen molar-refractivity contribution in [2.24, 2.45) is 10.4 Å².